The molecule has 1 aliphatic carbocycles. The Morgan fingerprint density at radius 3 is 2.73 bits per heavy atom. The minimum absolute atomic E-state index is 0.0284. The van der Waals surface area contributed by atoms with Crippen LogP contribution in [0.4, 0.5) is 0 Å². The van der Waals surface area contributed by atoms with Gasteiger partial charge in [0, 0.05) is 32.1 Å². The number of carbonyl (C=O) groups excluding carboxylic acids is 1. The zero-order valence-electron chi connectivity index (χ0n) is 17.9. The van der Waals surface area contributed by atoms with Crippen molar-refractivity contribution in [2.45, 2.75) is 58.5 Å². The van der Waals surface area contributed by atoms with E-state index in [1.807, 2.05) is 23.1 Å². The zero-order valence-corrected chi connectivity index (χ0v) is 18.7. The molecule has 3 aliphatic rings. The summed E-state index contributed by atoms with van der Waals surface area (Å²) in [6, 6.07) is 5.99. The van der Waals surface area contributed by atoms with Crippen LogP contribution in [-0.2, 0) is 21.4 Å². The third kappa shape index (κ3) is 4.44. The molecular formula is C22H32N2O5S. The molecule has 2 fully saturated rings. The molecule has 2 heterocycles. The minimum atomic E-state index is -3.19. The highest BCUT2D eigenvalue weighted by atomic mass is 32.2. The normalized spacial score (nSPS) is 27.9. The van der Waals surface area contributed by atoms with E-state index in [1.165, 1.54) is 10.7 Å². The van der Waals surface area contributed by atoms with E-state index in [9.17, 15) is 13.2 Å². The highest BCUT2D eigenvalue weighted by Crippen LogP contribution is 2.36. The molecule has 1 saturated heterocycles. The summed E-state index contributed by atoms with van der Waals surface area (Å²) in [6.45, 7) is 6.02. The van der Waals surface area contributed by atoms with Gasteiger partial charge in [0.2, 0.25) is 22.7 Å². The lowest BCUT2D eigenvalue weighted by molar-refractivity contribution is -0.137. The highest BCUT2D eigenvalue weighted by Gasteiger charge is 2.35. The van der Waals surface area contributed by atoms with E-state index in [1.54, 1.807) is 0 Å². The van der Waals surface area contributed by atoms with E-state index >= 15 is 0 Å². The summed E-state index contributed by atoms with van der Waals surface area (Å²) in [5, 5.41) is 0. The molecule has 1 aromatic rings. The predicted molar refractivity (Wildman–Crippen MR) is 114 cm³/mol. The van der Waals surface area contributed by atoms with Gasteiger partial charge in [0.15, 0.2) is 11.5 Å². The van der Waals surface area contributed by atoms with Crippen LogP contribution in [0.3, 0.4) is 0 Å². The van der Waals surface area contributed by atoms with Crippen LogP contribution < -0.4 is 9.47 Å². The van der Waals surface area contributed by atoms with Crippen molar-refractivity contribution in [3.8, 4) is 11.5 Å². The summed E-state index contributed by atoms with van der Waals surface area (Å²) in [7, 11) is -3.19. The summed E-state index contributed by atoms with van der Waals surface area (Å²) in [4.78, 5) is 15.3. The van der Waals surface area contributed by atoms with Crippen LogP contribution in [0.1, 0.15) is 51.5 Å². The van der Waals surface area contributed by atoms with Crippen LogP contribution in [0.2, 0.25) is 0 Å². The Bertz CT molecular complexity index is 888. The van der Waals surface area contributed by atoms with Crippen LogP contribution >= 0.6 is 0 Å². The quantitative estimate of drug-likeness (QED) is 0.685. The van der Waals surface area contributed by atoms with Crippen molar-refractivity contribution < 1.29 is 22.7 Å². The number of sulfonamides is 1. The molecule has 4 rings (SSSR count). The van der Waals surface area contributed by atoms with Gasteiger partial charge in [-0.2, -0.15) is 0 Å². The van der Waals surface area contributed by atoms with Crippen molar-refractivity contribution in [2.75, 3.05) is 25.6 Å². The second-order valence-corrected chi connectivity index (χ2v) is 11.0. The molecular weight excluding hydrogens is 404 g/mol. The Kier molecular flexibility index (Phi) is 6.25. The van der Waals surface area contributed by atoms with Crippen LogP contribution in [0.5, 0.6) is 11.5 Å². The number of hydrogen-bond acceptors (Lipinski definition) is 5. The molecule has 1 saturated carbocycles. The van der Waals surface area contributed by atoms with Crippen LogP contribution in [0.15, 0.2) is 18.2 Å². The van der Waals surface area contributed by atoms with Crippen molar-refractivity contribution in [2.24, 2.45) is 11.8 Å². The Morgan fingerprint density at radius 2 is 1.97 bits per heavy atom. The van der Waals surface area contributed by atoms with E-state index in [0.717, 1.165) is 24.2 Å². The summed E-state index contributed by atoms with van der Waals surface area (Å²) in [6.07, 6.45) is 4.16. The molecule has 0 radical (unpaired) electrons. The van der Waals surface area contributed by atoms with Crippen molar-refractivity contribution in [3.63, 3.8) is 0 Å². The largest absolute Gasteiger partial charge is 0.454 e. The monoisotopic (exact) mass is 436 g/mol. The molecule has 8 heteroatoms. The second kappa shape index (κ2) is 8.75. The third-order valence-electron chi connectivity index (χ3n) is 6.95. The lowest BCUT2D eigenvalue weighted by atomic mass is 9.77. The number of carbonyl (C=O) groups is 1. The van der Waals surface area contributed by atoms with Crippen LogP contribution in [0, 0.1) is 11.8 Å². The average Bonchev–Trinajstić information content (AvgIpc) is 3.31. The molecule has 2 aliphatic heterocycles. The van der Waals surface area contributed by atoms with E-state index < -0.39 is 10.0 Å². The SMILES string of the molecule is C[C@H]1[C@H](C)CCC[C@@H]1N(Cc1ccc2c(c1)OCO2)C(=O)CCN1CCCS1(=O)=O. The summed E-state index contributed by atoms with van der Waals surface area (Å²) in [5.74, 6) is 2.64. The number of rotatable bonds is 6. The Morgan fingerprint density at radius 1 is 1.17 bits per heavy atom. The van der Waals surface area contributed by atoms with Crippen molar-refractivity contribution in [3.05, 3.63) is 23.8 Å². The van der Waals surface area contributed by atoms with Crippen molar-refractivity contribution >= 4 is 15.9 Å². The summed E-state index contributed by atoms with van der Waals surface area (Å²) < 4.78 is 36.6. The van der Waals surface area contributed by atoms with Gasteiger partial charge in [0.05, 0.1) is 5.75 Å². The third-order valence-corrected chi connectivity index (χ3v) is 8.91. The Labute approximate surface area is 179 Å². The minimum Gasteiger partial charge on any atom is -0.454 e. The zero-order chi connectivity index (χ0) is 21.3. The number of nitrogens with zero attached hydrogens (tertiary/aromatic N) is 2. The number of amides is 1. The maximum atomic E-state index is 13.3. The van der Waals surface area contributed by atoms with E-state index in [2.05, 4.69) is 13.8 Å². The molecule has 166 valence electrons. The van der Waals surface area contributed by atoms with Gasteiger partial charge in [-0.1, -0.05) is 32.8 Å². The molecule has 3 atom stereocenters. The van der Waals surface area contributed by atoms with Gasteiger partial charge in [0.1, 0.15) is 0 Å². The molecule has 0 aromatic heterocycles. The lowest BCUT2D eigenvalue weighted by Crippen LogP contribution is -2.47. The molecule has 30 heavy (non-hydrogen) atoms. The van der Waals surface area contributed by atoms with Gasteiger partial charge in [-0.25, -0.2) is 12.7 Å². The smallest absolute Gasteiger partial charge is 0.231 e. The highest BCUT2D eigenvalue weighted by molar-refractivity contribution is 7.89. The Balaban J connectivity index is 1.51. The average molecular weight is 437 g/mol. The first-order valence-corrected chi connectivity index (χ1v) is 12.6. The number of ether oxygens (including phenoxy) is 2. The second-order valence-electron chi connectivity index (χ2n) is 8.86. The Hall–Kier alpha value is -1.80. The molecule has 0 unspecified atom stereocenters. The first kappa shape index (κ1) is 21.4. The molecule has 1 aromatic carbocycles. The van der Waals surface area contributed by atoms with E-state index in [0.29, 0.717) is 37.1 Å². The van der Waals surface area contributed by atoms with Crippen molar-refractivity contribution in [1.29, 1.82) is 0 Å². The van der Waals surface area contributed by atoms with Gasteiger partial charge in [-0.05, 0) is 42.4 Å². The summed E-state index contributed by atoms with van der Waals surface area (Å²) in [5.41, 5.74) is 1.01. The first-order chi connectivity index (χ1) is 14.3. The van der Waals surface area contributed by atoms with E-state index in [4.69, 9.17) is 9.47 Å². The van der Waals surface area contributed by atoms with Crippen LogP contribution in [-0.4, -0.2) is 55.2 Å². The number of fused-ring (bicyclic) bond motifs is 1. The maximum Gasteiger partial charge on any atom is 0.231 e. The number of benzene rings is 1. The predicted octanol–water partition coefficient (Wildman–Crippen LogP) is 2.99. The molecule has 0 bridgehead atoms. The molecule has 0 spiro atoms. The van der Waals surface area contributed by atoms with Gasteiger partial charge in [0.25, 0.3) is 0 Å². The van der Waals surface area contributed by atoms with Crippen molar-refractivity contribution in [1.82, 2.24) is 9.21 Å². The standard InChI is InChI=1S/C22H32N2O5S/c1-16-5-3-6-19(17(16)2)24(14-18-7-8-20-21(13-18)29-15-28-20)22(25)9-11-23-10-4-12-30(23,26)27/h7-8,13,16-17,19H,3-6,9-12,14-15H2,1-2H3/t16-,17+,19+/m1/s1. The molecule has 1 amide bonds. The fraction of sp³-hybridized carbons (Fsp3) is 0.682. The van der Waals surface area contributed by atoms with Gasteiger partial charge < -0.3 is 14.4 Å². The topological polar surface area (TPSA) is 76.2 Å². The molecule has 7 nitrogen and oxygen atoms in total. The van der Waals surface area contributed by atoms with Gasteiger partial charge in [-0.3, -0.25) is 4.79 Å². The van der Waals surface area contributed by atoms with Gasteiger partial charge in [-0.15, -0.1) is 0 Å². The van der Waals surface area contributed by atoms with Gasteiger partial charge >= 0.3 is 0 Å². The van der Waals surface area contributed by atoms with E-state index in [-0.39, 0.29) is 37.5 Å². The summed E-state index contributed by atoms with van der Waals surface area (Å²) >= 11 is 0. The lowest BCUT2D eigenvalue weighted by Gasteiger charge is -2.42. The fourth-order valence-electron chi connectivity index (χ4n) is 4.93. The fourth-order valence-corrected chi connectivity index (χ4v) is 6.46. The first-order valence-electron chi connectivity index (χ1n) is 11.0. The number of hydrogen-bond donors (Lipinski definition) is 0. The van der Waals surface area contributed by atoms with Crippen LogP contribution in [0.25, 0.3) is 0 Å². The molecule has 0 N–H and O–H groups in total. The maximum absolute atomic E-state index is 13.3.